The van der Waals surface area contributed by atoms with Crippen LogP contribution in [-0.4, -0.2) is 69.2 Å². The Morgan fingerprint density at radius 2 is 2.23 bits per heavy atom. The van der Waals surface area contributed by atoms with Gasteiger partial charge in [-0.2, -0.15) is 23.5 Å². The van der Waals surface area contributed by atoms with Crippen LogP contribution in [0.4, 0.5) is 0 Å². The number of guanidine groups is 1. The van der Waals surface area contributed by atoms with Gasteiger partial charge in [0.15, 0.2) is 5.96 Å². The number of nitrogens with zero attached hydrogens (tertiary/aromatic N) is 2. The van der Waals surface area contributed by atoms with Crippen LogP contribution in [0.2, 0.25) is 0 Å². The fraction of sp³-hybridized carbons (Fsp3) is 0.938. The minimum Gasteiger partial charge on any atom is -0.387 e. The van der Waals surface area contributed by atoms with Crippen molar-refractivity contribution in [1.29, 1.82) is 0 Å². The first-order chi connectivity index (χ1) is 10.4. The molecule has 1 aliphatic heterocycles. The highest BCUT2D eigenvalue weighted by molar-refractivity contribution is 8.00. The number of hydrogen-bond donors (Lipinski definition) is 2. The van der Waals surface area contributed by atoms with Crippen molar-refractivity contribution in [1.82, 2.24) is 10.2 Å². The van der Waals surface area contributed by atoms with Gasteiger partial charge < -0.3 is 15.3 Å². The summed E-state index contributed by atoms with van der Waals surface area (Å²) in [6.07, 6.45) is 2.00. The number of nitrogens with one attached hydrogen (secondary N) is 1. The summed E-state index contributed by atoms with van der Waals surface area (Å²) in [6.45, 7) is 12.3. The average Bonchev–Trinajstić information content (AvgIpc) is 2.46. The maximum atomic E-state index is 10.7. The van der Waals surface area contributed by atoms with Gasteiger partial charge in [-0.15, -0.1) is 0 Å². The van der Waals surface area contributed by atoms with E-state index >= 15 is 0 Å². The van der Waals surface area contributed by atoms with Gasteiger partial charge in [-0.25, -0.2) is 0 Å². The zero-order chi connectivity index (χ0) is 16.2. The van der Waals surface area contributed by atoms with Crippen molar-refractivity contribution in [2.24, 2.45) is 4.99 Å². The minimum atomic E-state index is -0.596. The fourth-order valence-electron chi connectivity index (χ4n) is 3.05. The smallest absolute Gasteiger partial charge is 0.194 e. The zero-order valence-corrected chi connectivity index (χ0v) is 16.0. The lowest BCUT2D eigenvalue weighted by atomic mass is 9.79. The molecule has 0 amide bonds. The molecule has 0 aromatic carbocycles. The third-order valence-electron chi connectivity index (χ3n) is 4.37. The van der Waals surface area contributed by atoms with E-state index in [0.29, 0.717) is 11.8 Å². The lowest BCUT2D eigenvalue weighted by molar-refractivity contribution is -0.0156. The van der Waals surface area contributed by atoms with Crippen molar-refractivity contribution in [3.05, 3.63) is 0 Å². The lowest BCUT2D eigenvalue weighted by Crippen LogP contribution is -2.54. The molecule has 2 unspecified atom stereocenters. The Balaban J connectivity index is 2.01. The van der Waals surface area contributed by atoms with Crippen LogP contribution in [0.1, 0.15) is 40.5 Å². The highest BCUT2D eigenvalue weighted by atomic mass is 32.2. The molecule has 0 aromatic rings. The number of hydrogen-bond acceptors (Lipinski definition) is 4. The summed E-state index contributed by atoms with van der Waals surface area (Å²) in [5, 5.41) is 14.5. The summed E-state index contributed by atoms with van der Waals surface area (Å²) in [7, 11) is 0. The topological polar surface area (TPSA) is 47.9 Å². The fourth-order valence-corrected chi connectivity index (χ4v) is 5.35. The van der Waals surface area contributed by atoms with Gasteiger partial charge in [0, 0.05) is 35.4 Å². The van der Waals surface area contributed by atoms with Gasteiger partial charge in [0.2, 0.25) is 0 Å². The second-order valence-corrected chi connectivity index (χ2v) is 10.1. The second-order valence-electron chi connectivity index (χ2n) is 6.79. The Morgan fingerprint density at radius 1 is 1.45 bits per heavy atom. The van der Waals surface area contributed by atoms with Crippen LogP contribution in [0.3, 0.4) is 0 Å². The van der Waals surface area contributed by atoms with Crippen molar-refractivity contribution in [3.63, 3.8) is 0 Å². The zero-order valence-electron chi connectivity index (χ0n) is 14.4. The standard InChI is InChI=1S/C16H31N3OS2/c1-5-17-14(19-9-10-22-15(3,4)12-19)18-11-16(20)8-7-13(16)21-6-2/h13,20H,5-12H2,1-4H3,(H,17,18). The van der Waals surface area contributed by atoms with E-state index in [9.17, 15) is 5.11 Å². The highest BCUT2D eigenvalue weighted by Crippen LogP contribution is 2.41. The van der Waals surface area contributed by atoms with Crippen LogP contribution >= 0.6 is 23.5 Å². The summed E-state index contributed by atoms with van der Waals surface area (Å²) in [4.78, 5) is 7.14. The van der Waals surface area contributed by atoms with E-state index in [1.165, 1.54) is 0 Å². The molecule has 1 saturated carbocycles. The van der Waals surface area contributed by atoms with Crippen LogP contribution in [0.25, 0.3) is 0 Å². The molecule has 2 aliphatic rings. The van der Waals surface area contributed by atoms with E-state index in [0.717, 1.165) is 49.9 Å². The second kappa shape index (κ2) is 7.67. The Kier molecular flexibility index (Phi) is 6.37. The summed E-state index contributed by atoms with van der Waals surface area (Å²) < 4.78 is 0.266. The molecule has 0 spiro atoms. The molecular weight excluding hydrogens is 314 g/mol. The van der Waals surface area contributed by atoms with E-state index in [4.69, 9.17) is 4.99 Å². The Bertz CT molecular complexity index is 403. The normalized spacial score (nSPS) is 31.8. The van der Waals surface area contributed by atoms with E-state index in [1.54, 1.807) is 0 Å². The quantitative estimate of drug-likeness (QED) is 0.592. The van der Waals surface area contributed by atoms with Crippen LogP contribution in [-0.2, 0) is 0 Å². The first-order valence-electron chi connectivity index (χ1n) is 8.41. The molecule has 0 radical (unpaired) electrons. The molecule has 0 bridgehead atoms. The molecule has 4 nitrogen and oxygen atoms in total. The van der Waals surface area contributed by atoms with Gasteiger partial charge in [-0.05, 0) is 39.4 Å². The van der Waals surface area contributed by atoms with Gasteiger partial charge in [0.05, 0.1) is 12.1 Å². The summed E-state index contributed by atoms with van der Waals surface area (Å²) >= 11 is 3.90. The van der Waals surface area contributed by atoms with E-state index in [1.807, 2.05) is 23.5 Å². The molecule has 2 rings (SSSR count). The Labute approximate surface area is 143 Å². The SMILES string of the molecule is CCNC(=NCC1(O)CCC1SCC)N1CCSC(C)(C)C1. The summed E-state index contributed by atoms with van der Waals surface area (Å²) in [5.74, 6) is 3.17. The first kappa shape index (κ1) is 18.3. The number of rotatable bonds is 5. The van der Waals surface area contributed by atoms with Crippen LogP contribution < -0.4 is 5.32 Å². The van der Waals surface area contributed by atoms with Crippen molar-refractivity contribution in [2.45, 2.75) is 56.1 Å². The number of aliphatic hydroxyl groups is 1. The third-order valence-corrected chi connectivity index (χ3v) is 7.08. The molecule has 0 aromatic heterocycles. The predicted molar refractivity (Wildman–Crippen MR) is 100 cm³/mol. The first-order valence-corrected chi connectivity index (χ1v) is 10.4. The molecule has 1 aliphatic carbocycles. The van der Waals surface area contributed by atoms with Crippen molar-refractivity contribution < 1.29 is 5.11 Å². The third kappa shape index (κ3) is 4.48. The van der Waals surface area contributed by atoms with Crippen molar-refractivity contribution in [3.8, 4) is 0 Å². The lowest BCUT2D eigenvalue weighted by Gasteiger charge is -2.44. The maximum Gasteiger partial charge on any atom is 0.194 e. The van der Waals surface area contributed by atoms with Crippen molar-refractivity contribution in [2.75, 3.05) is 37.7 Å². The molecule has 22 heavy (non-hydrogen) atoms. The summed E-state index contributed by atoms with van der Waals surface area (Å²) in [5.41, 5.74) is -0.596. The number of aliphatic imine (C=N–C) groups is 1. The van der Waals surface area contributed by atoms with E-state index < -0.39 is 5.60 Å². The maximum absolute atomic E-state index is 10.7. The number of thioether (sulfide) groups is 2. The molecule has 2 N–H and O–H groups in total. The van der Waals surface area contributed by atoms with Gasteiger partial charge in [-0.1, -0.05) is 6.92 Å². The van der Waals surface area contributed by atoms with Gasteiger partial charge in [0.1, 0.15) is 0 Å². The highest BCUT2D eigenvalue weighted by Gasteiger charge is 2.45. The molecule has 2 atom stereocenters. The monoisotopic (exact) mass is 345 g/mol. The minimum absolute atomic E-state index is 0.266. The van der Waals surface area contributed by atoms with Crippen LogP contribution in [0, 0.1) is 0 Å². The van der Waals surface area contributed by atoms with Gasteiger partial charge in [0.25, 0.3) is 0 Å². The Hall–Kier alpha value is -0.0700. The summed E-state index contributed by atoms with van der Waals surface area (Å²) in [6, 6.07) is 0. The molecule has 128 valence electrons. The van der Waals surface area contributed by atoms with Crippen LogP contribution in [0.15, 0.2) is 4.99 Å². The molecule has 1 heterocycles. The Morgan fingerprint density at radius 3 is 2.77 bits per heavy atom. The van der Waals surface area contributed by atoms with Gasteiger partial charge in [-0.3, -0.25) is 4.99 Å². The molecule has 2 fully saturated rings. The van der Waals surface area contributed by atoms with Crippen molar-refractivity contribution >= 4 is 29.5 Å². The molecule has 1 saturated heterocycles. The molecule has 6 heteroatoms. The van der Waals surface area contributed by atoms with E-state index in [-0.39, 0.29) is 4.75 Å². The van der Waals surface area contributed by atoms with Gasteiger partial charge >= 0.3 is 0 Å². The average molecular weight is 346 g/mol. The van der Waals surface area contributed by atoms with Crippen LogP contribution in [0.5, 0.6) is 0 Å². The molecular formula is C16H31N3OS2. The predicted octanol–water partition coefficient (Wildman–Crippen LogP) is 2.43. The largest absolute Gasteiger partial charge is 0.387 e. The van der Waals surface area contributed by atoms with E-state index in [2.05, 4.69) is 37.9 Å².